The van der Waals surface area contributed by atoms with Gasteiger partial charge in [0, 0.05) is 12.3 Å². The molecule has 0 aliphatic rings. The first kappa shape index (κ1) is 14.5. The van der Waals surface area contributed by atoms with Crippen LogP contribution in [0.25, 0.3) is 11.0 Å². The summed E-state index contributed by atoms with van der Waals surface area (Å²) >= 11 is 0. The monoisotopic (exact) mass is 277 g/mol. The maximum Gasteiger partial charge on any atom is 0.226 e. The second kappa shape index (κ2) is 6.49. The van der Waals surface area contributed by atoms with Gasteiger partial charge in [-0.25, -0.2) is 4.98 Å². The Kier molecular flexibility index (Phi) is 4.70. The number of anilines is 1. The molecule has 0 saturated heterocycles. The number of carbonyl (C=O) groups excluding carboxylic acids is 1. The van der Waals surface area contributed by atoms with E-state index in [-0.39, 0.29) is 5.91 Å². The summed E-state index contributed by atoms with van der Waals surface area (Å²) in [6.07, 6.45) is -0.319. The highest BCUT2D eigenvalue weighted by atomic mass is 16.5. The molecule has 0 saturated carbocycles. The topological polar surface area (TPSA) is 87.2 Å². The van der Waals surface area contributed by atoms with E-state index in [9.17, 15) is 9.90 Å². The van der Waals surface area contributed by atoms with E-state index in [1.807, 2.05) is 6.92 Å². The molecule has 1 amide bonds. The predicted molar refractivity (Wildman–Crippen MR) is 76.5 cm³/mol. The van der Waals surface area contributed by atoms with Gasteiger partial charge in [-0.3, -0.25) is 4.79 Å². The zero-order valence-corrected chi connectivity index (χ0v) is 11.6. The van der Waals surface area contributed by atoms with Gasteiger partial charge < -0.3 is 20.1 Å². The second-order valence-corrected chi connectivity index (χ2v) is 4.53. The number of aliphatic hydroxyl groups excluding tert-OH is 1. The fraction of sp³-hybridized carbons (Fsp3) is 0.429. The number of aromatic nitrogens is 2. The van der Waals surface area contributed by atoms with E-state index >= 15 is 0 Å². The van der Waals surface area contributed by atoms with Gasteiger partial charge in [-0.05, 0) is 32.0 Å². The number of nitrogens with zero attached hydrogens (tertiary/aromatic N) is 1. The molecule has 0 bridgehead atoms. The van der Waals surface area contributed by atoms with E-state index in [1.165, 1.54) is 0 Å². The Hall–Kier alpha value is -1.92. The van der Waals surface area contributed by atoms with E-state index in [0.29, 0.717) is 31.1 Å². The number of aliphatic hydroxyl groups is 1. The van der Waals surface area contributed by atoms with Crippen molar-refractivity contribution in [2.75, 3.05) is 18.5 Å². The van der Waals surface area contributed by atoms with Crippen molar-refractivity contribution in [2.45, 2.75) is 26.4 Å². The summed E-state index contributed by atoms with van der Waals surface area (Å²) in [6.45, 7) is 4.56. The maximum absolute atomic E-state index is 11.7. The number of hydrogen-bond acceptors (Lipinski definition) is 4. The van der Waals surface area contributed by atoms with Gasteiger partial charge >= 0.3 is 0 Å². The number of H-pyrrole nitrogens is 1. The minimum atomic E-state index is -0.647. The molecule has 1 aromatic heterocycles. The number of hydrogen-bond donors (Lipinski definition) is 3. The first-order valence-electron chi connectivity index (χ1n) is 6.65. The molecule has 0 fully saturated rings. The molecule has 6 nitrogen and oxygen atoms in total. The molecule has 2 rings (SSSR count). The molecule has 0 spiro atoms. The first-order valence-corrected chi connectivity index (χ1v) is 6.65. The fourth-order valence-electron chi connectivity index (χ4n) is 1.84. The largest absolute Gasteiger partial charge is 0.385 e. The lowest BCUT2D eigenvalue weighted by atomic mass is 10.2. The molecule has 0 aliphatic carbocycles. The number of imidazole rings is 1. The van der Waals surface area contributed by atoms with Crippen molar-refractivity contribution in [3.8, 4) is 0 Å². The van der Waals surface area contributed by atoms with Gasteiger partial charge in [-0.15, -0.1) is 0 Å². The molecule has 1 atom stereocenters. The van der Waals surface area contributed by atoms with Crippen molar-refractivity contribution in [2.24, 2.45) is 0 Å². The number of rotatable bonds is 6. The number of benzene rings is 1. The Morgan fingerprint density at radius 2 is 2.35 bits per heavy atom. The second-order valence-electron chi connectivity index (χ2n) is 4.53. The molecule has 20 heavy (non-hydrogen) atoms. The molecular formula is C14H19N3O3. The number of ether oxygens (including phenoxy) is 1. The van der Waals surface area contributed by atoms with E-state index < -0.39 is 6.10 Å². The van der Waals surface area contributed by atoms with Crippen LogP contribution in [0.1, 0.15) is 32.2 Å². The molecule has 1 heterocycles. The van der Waals surface area contributed by atoms with Crippen LogP contribution >= 0.6 is 0 Å². The van der Waals surface area contributed by atoms with Crippen molar-refractivity contribution in [1.29, 1.82) is 0 Å². The average molecular weight is 277 g/mol. The Morgan fingerprint density at radius 1 is 1.55 bits per heavy atom. The van der Waals surface area contributed by atoms with Crippen molar-refractivity contribution in [3.63, 3.8) is 0 Å². The van der Waals surface area contributed by atoms with Crippen LogP contribution in [0.5, 0.6) is 0 Å². The van der Waals surface area contributed by atoms with Gasteiger partial charge in [0.05, 0.1) is 24.1 Å². The summed E-state index contributed by atoms with van der Waals surface area (Å²) in [5.74, 6) is 0.424. The molecule has 2 aromatic rings. The number of fused-ring (bicyclic) bond motifs is 1. The smallest absolute Gasteiger partial charge is 0.226 e. The SMILES string of the molecule is CCOCCC(=O)Nc1ccc2nc(C(C)O)[nH]c2c1. The van der Waals surface area contributed by atoms with Crippen LogP contribution in [-0.2, 0) is 9.53 Å². The van der Waals surface area contributed by atoms with Gasteiger partial charge in [-0.2, -0.15) is 0 Å². The lowest BCUT2D eigenvalue weighted by Gasteiger charge is -2.05. The highest BCUT2D eigenvalue weighted by Crippen LogP contribution is 2.19. The third-order valence-electron chi connectivity index (χ3n) is 2.86. The number of carbonyl (C=O) groups is 1. The third-order valence-corrected chi connectivity index (χ3v) is 2.86. The standard InChI is InChI=1S/C14H19N3O3/c1-3-20-7-6-13(19)15-10-4-5-11-12(8-10)17-14(16-11)9(2)18/h4-5,8-9,18H,3,6-7H2,1-2H3,(H,15,19)(H,16,17). The van der Waals surface area contributed by atoms with Crippen molar-refractivity contribution < 1.29 is 14.6 Å². The molecule has 0 radical (unpaired) electrons. The molecule has 3 N–H and O–H groups in total. The molecular weight excluding hydrogens is 258 g/mol. The minimum Gasteiger partial charge on any atom is -0.385 e. The van der Waals surface area contributed by atoms with Crippen LogP contribution < -0.4 is 5.32 Å². The summed E-state index contributed by atoms with van der Waals surface area (Å²) in [6, 6.07) is 5.39. The van der Waals surface area contributed by atoms with Crippen molar-refractivity contribution in [1.82, 2.24) is 9.97 Å². The molecule has 0 aliphatic heterocycles. The van der Waals surface area contributed by atoms with E-state index in [0.717, 1.165) is 11.0 Å². The van der Waals surface area contributed by atoms with Crippen LogP contribution in [0.3, 0.4) is 0 Å². The zero-order valence-electron chi connectivity index (χ0n) is 11.6. The van der Waals surface area contributed by atoms with Crippen molar-refractivity contribution in [3.05, 3.63) is 24.0 Å². The average Bonchev–Trinajstić information content (AvgIpc) is 2.82. The van der Waals surface area contributed by atoms with Crippen molar-refractivity contribution >= 4 is 22.6 Å². The summed E-state index contributed by atoms with van der Waals surface area (Å²) in [5, 5.41) is 12.3. The van der Waals surface area contributed by atoms with E-state index in [2.05, 4.69) is 15.3 Å². The number of nitrogens with one attached hydrogen (secondary N) is 2. The van der Waals surface area contributed by atoms with Gasteiger partial charge in [-0.1, -0.05) is 0 Å². The van der Waals surface area contributed by atoms with E-state index in [4.69, 9.17) is 4.74 Å². The Bertz CT molecular complexity index is 592. The number of amides is 1. The van der Waals surface area contributed by atoms with Gasteiger partial charge in [0.15, 0.2) is 0 Å². The van der Waals surface area contributed by atoms with Gasteiger partial charge in [0.25, 0.3) is 0 Å². The molecule has 6 heteroatoms. The minimum absolute atomic E-state index is 0.0898. The lowest BCUT2D eigenvalue weighted by Crippen LogP contribution is -2.14. The molecule has 1 aromatic carbocycles. The van der Waals surface area contributed by atoms with Crippen LogP contribution in [0.15, 0.2) is 18.2 Å². The maximum atomic E-state index is 11.7. The summed E-state index contributed by atoms with van der Waals surface area (Å²) < 4.78 is 5.14. The lowest BCUT2D eigenvalue weighted by molar-refractivity contribution is -0.117. The summed E-state index contributed by atoms with van der Waals surface area (Å²) in [7, 11) is 0. The normalized spacial score (nSPS) is 12.6. The van der Waals surface area contributed by atoms with Crippen LogP contribution in [0.2, 0.25) is 0 Å². The molecule has 108 valence electrons. The zero-order chi connectivity index (χ0) is 14.5. The highest BCUT2D eigenvalue weighted by Gasteiger charge is 2.09. The third kappa shape index (κ3) is 3.55. The first-order chi connectivity index (χ1) is 9.60. The Morgan fingerprint density at radius 3 is 3.05 bits per heavy atom. The van der Waals surface area contributed by atoms with Crippen LogP contribution in [0, 0.1) is 0 Å². The highest BCUT2D eigenvalue weighted by molar-refractivity contribution is 5.93. The quantitative estimate of drug-likeness (QED) is 0.705. The van der Waals surface area contributed by atoms with E-state index in [1.54, 1.807) is 25.1 Å². The van der Waals surface area contributed by atoms with Crippen LogP contribution in [0.4, 0.5) is 5.69 Å². The van der Waals surface area contributed by atoms with Gasteiger partial charge in [0.2, 0.25) is 5.91 Å². The summed E-state index contributed by atoms with van der Waals surface area (Å²) in [5.41, 5.74) is 2.23. The number of aromatic amines is 1. The summed E-state index contributed by atoms with van der Waals surface area (Å²) in [4.78, 5) is 19.0. The Labute approximate surface area is 117 Å². The molecule has 1 unspecified atom stereocenters. The van der Waals surface area contributed by atoms with Crippen LogP contribution in [-0.4, -0.2) is 34.2 Å². The van der Waals surface area contributed by atoms with Gasteiger partial charge in [0.1, 0.15) is 11.9 Å². The fourth-order valence-corrected chi connectivity index (χ4v) is 1.84. The predicted octanol–water partition coefficient (Wildman–Crippen LogP) is 1.98. The Balaban J connectivity index is 2.05.